The van der Waals surface area contributed by atoms with Crippen molar-refractivity contribution in [1.82, 2.24) is 4.90 Å². The van der Waals surface area contributed by atoms with Crippen LogP contribution in [0.4, 0.5) is 16.2 Å². The molecule has 0 aliphatic carbocycles. The molecule has 6 heteroatoms. The lowest BCUT2D eigenvalue weighted by Crippen LogP contribution is -2.38. The zero-order valence-corrected chi connectivity index (χ0v) is 17.6. The van der Waals surface area contributed by atoms with Crippen LogP contribution in [0.25, 0.3) is 0 Å². The number of aliphatic imine (C=N–C) groups is 1. The number of carbonyl (C=O) groups is 1. The predicted octanol–water partition coefficient (Wildman–Crippen LogP) is 4.70. The summed E-state index contributed by atoms with van der Waals surface area (Å²) in [7, 11) is 1.69. The Hall–Kier alpha value is -3.67. The van der Waals surface area contributed by atoms with E-state index in [2.05, 4.69) is 16.4 Å². The summed E-state index contributed by atoms with van der Waals surface area (Å²) in [5, 5.41) is 11.6. The number of hydrogen-bond acceptors (Lipinski definition) is 4. The molecule has 0 saturated heterocycles. The zero-order chi connectivity index (χ0) is 21.7. The SMILES string of the molecule is C/C=C/C(=C\C=N/C)C(=N)c1cc2c(cc1N)NC(=O)N(Cc1cccc(C)c1)C2. The van der Waals surface area contributed by atoms with Gasteiger partial charge in [0.25, 0.3) is 0 Å². The summed E-state index contributed by atoms with van der Waals surface area (Å²) in [6, 6.07) is 11.6. The number of nitrogen functional groups attached to an aromatic ring is 1. The number of benzene rings is 2. The van der Waals surface area contributed by atoms with Crippen molar-refractivity contribution in [2.45, 2.75) is 26.9 Å². The van der Waals surface area contributed by atoms with E-state index in [1.165, 1.54) is 0 Å². The molecule has 3 rings (SSSR count). The van der Waals surface area contributed by atoms with Crippen molar-refractivity contribution in [3.63, 3.8) is 0 Å². The van der Waals surface area contributed by atoms with Gasteiger partial charge in [-0.15, -0.1) is 0 Å². The fourth-order valence-electron chi connectivity index (χ4n) is 3.47. The van der Waals surface area contributed by atoms with Gasteiger partial charge in [0.1, 0.15) is 0 Å². The lowest BCUT2D eigenvalue weighted by atomic mass is 9.96. The number of nitrogens with two attached hydrogens (primary N) is 1. The fraction of sp³-hybridized carbons (Fsp3) is 0.208. The minimum absolute atomic E-state index is 0.153. The van der Waals surface area contributed by atoms with Crippen LogP contribution in [0.5, 0.6) is 0 Å². The van der Waals surface area contributed by atoms with Gasteiger partial charge in [-0.25, -0.2) is 4.79 Å². The second kappa shape index (κ2) is 9.22. The summed E-state index contributed by atoms with van der Waals surface area (Å²) >= 11 is 0. The van der Waals surface area contributed by atoms with Gasteiger partial charge in [0.05, 0.1) is 5.71 Å². The first-order valence-electron chi connectivity index (χ1n) is 9.81. The molecule has 154 valence electrons. The molecule has 1 heterocycles. The molecule has 0 atom stereocenters. The molecule has 2 aromatic rings. The quantitative estimate of drug-likeness (QED) is 0.372. The molecule has 0 spiro atoms. The summed E-state index contributed by atoms with van der Waals surface area (Å²) in [5.74, 6) is 0. The smallest absolute Gasteiger partial charge is 0.322 e. The third-order valence-corrected chi connectivity index (χ3v) is 4.93. The van der Waals surface area contributed by atoms with Gasteiger partial charge in [-0.2, -0.15) is 0 Å². The minimum atomic E-state index is -0.153. The number of fused-ring (bicyclic) bond motifs is 1. The van der Waals surface area contributed by atoms with Crippen LogP contribution in [0.1, 0.15) is 29.2 Å². The van der Waals surface area contributed by atoms with E-state index in [0.717, 1.165) is 16.7 Å². The number of rotatable bonds is 6. The monoisotopic (exact) mass is 401 g/mol. The Labute approximate surface area is 177 Å². The molecule has 6 nitrogen and oxygen atoms in total. The van der Waals surface area contributed by atoms with Crippen LogP contribution in [-0.4, -0.2) is 29.9 Å². The number of nitrogens with zero attached hydrogens (tertiary/aromatic N) is 2. The summed E-state index contributed by atoms with van der Waals surface area (Å²) in [6.07, 6.45) is 7.17. The van der Waals surface area contributed by atoms with E-state index in [1.807, 2.05) is 50.3 Å². The number of allylic oxidation sites excluding steroid dienone is 4. The Morgan fingerprint density at radius 2 is 2.13 bits per heavy atom. The van der Waals surface area contributed by atoms with Gasteiger partial charge in [0.2, 0.25) is 0 Å². The summed E-state index contributed by atoms with van der Waals surface area (Å²) in [4.78, 5) is 18.3. The maximum atomic E-state index is 12.6. The summed E-state index contributed by atoms with van der Waals surface area (Å²) < 4.78 is 0. The van der Waals surface area contributed by atoms with Crippen molar-refractivity contribution in [2.75, 3.05) is 18.1 Å². The Kier molecular flexibility index (Phi) is 6.47. The van der Waals surface area contributed by atoms with Crippen LogP contribution in [0.3, 0.4) is 0 Å². The molecule has 0 unspecified atom stereocenters. The summed E-state index contributed by atoms with van der Waals surface area (Å²) in [6.45, 7) is 4.91. The maximum Gasteiger partial charge on any atom is 0.322 e. The van der Waals surface area contributed by atoms with E-state index in [9.17, 15) is 4.79 Å². The first kappa shape index (κ1) is 21.0. The lowest BCUT2D eigenvalue weighted by Gasteiger charge is -2.30. The molecule has 0 aromatic heterocycles. The van der Waals surface area contributed by atoms with Crippen LogP contribution in [-0.2, 0) is 13.1 Å². The van der Waals surface area contributed by atoms with Gasteiger partial charge in [-0.05, 0) is 43.2 Å². The Balaban J connectivity index is 1.91. The molecule has 4 N–H and O–H groups in total. The van der Waals surface area contributed by atoms with Gasteiger partial charge in [-0.1, -0.05) is 42.0 Å². The standard InChI is InChI=1S/C24H27N5O/c1-4-6-18(9-10-27-3)23(26)20-12-19-15-29(14-17-8-5-7-16(2)11-17)24(30)28-22(19)13-21(20)25/h4-13,26H,14-15,25H2,1-3H3,(H,28,30)/b6-4+,18-9+,26-23?,27-10-. The lowest BCUT2D eigenvalue weighted by molar-refractivity contribution is 0.204. The van der Waals surface area contributed by atoms with Gasteiger partial charge in [0.15, 0.2) is 0 Å². The van der Waals surface area contributed by atoms with Crippen molar-refractivity contribution in [1.29, 1.82) is 5.41 Å². The van der Waals surface area contributed by atoms with Crippen molar-refractivity contribution >= 4 is 29.3 Å². The van der Waals surface area contributed by atoms with E-state index in [0.29, 0.717) is 41.3 Å². The van der Waals surface area contributed by atoms with Crippen LogP contribution >= 0.6 is 0 Å². The van der Waals surface area contributed by atoms with Crippen molar-refractivity contribution in [2.24, 2.45) is 4.99 Å². The third kappa shape index (κ3) is 4.66. The van der Waals surface area contributed by atoms with Crippen molar-refractivity contribution in [3.8, 4) is 0 Å². The topological polar surface area (TPSA) is 94.6 Å². The second-order valence-electron chi connectivity index (χ2n) is 7.28. The average molecular weight is 402 g/mol. The van der Waals surface area contributed by atoms with E-state index < -0.39 is 0 Å². The number of urea groups is 1. The van der Waals surface area contributed by atoms with Crippen LogP contribution < -0.4 is 11.1 Å². The first-order chi connectivity index (χ1) is 14.4. The fourth-order valence-corrected chi connectivity index (χ4v) is 3.47. The normalized spacial score (nSPS) is 14.3. The number of amides is 2. The van der Waals surface area contributed by atoms with Gasteiger partial charge < -0.3 is 16.0 Å². The number of anilines is 2. The molecule has 0 radical (unpaired) electrons. The van der Waals surface area contributed by atoms with Gasteiger partial charge >= 0.3 is 6.03 Å². The van der Waals surface area contributed by atoms with E-state index >= 15 is 0 Å². The molecule has 0 fully saturated rings. The second-order valence-corrected chi connectivity index (χ2v) is 7.28. The predicted molar refractivity (Wildman–Crippen MR) is 124 cm³/mol. The highest BCUT2D eigenvalue weighted by Gasteiger charge is 2.24. The Morgan fingerprint density at radius 1 is 1.33 bits per heavy atom. The zero-order valence-electron chi connectivity index (χ0n) is 17.6. The Morgan fingerprint density at radius 3 is 2.83 bits per heavy atom. The van der Waals surface area contributed by atoms with Crippen LogP contribution in [0.15, 0.2) is 65.2 Å². The molecule has 1 aliphatic rings. The molecule has 30 heavy (non-hydrogen) atoms. The highest BCUT2D eigenvalue weighted by Crippen LogP contribution is 2.30. The highest BCUT2D eigenvalue weighted by atomic mass is 16.2. The van der Waals surface area contributed by atoms with Crippen molar-refractivity contribution < 1.29 is 4.79 Å². The molecular weight excluding hydrogens is 374 g/mol. The van der Waals surface area contributed by atoms with Crippen LogP contribution in [0.2, 0.25) is 0 Å². The molecule has 1 aliphatic heterocycles. The maximum absolute atomic E-state index is 12.6. The van der Waals surface area contributed by atoms with Crippen LogP contribution in [0, 0.1) is 12.3 Å². The first-order valence-corrected chi connectivity index (χ1v) is 9.81. The van der Waals surface area contributed by atoms with E-state index in [4.69, 9.17) is 11.1 Å². The van der Waals surface area contributed by atoms with Gasteiger partial charge in [-0.3, -0.25) is 10.4 Å². The van der Waals surface area contributed by atoms with Crippen molar-refractivity contribution in [3.05, 3.63) is 82.5 Å². The number of nitrogens with one attached hydrogen (secondary N) is 2. The number of carbonyl (C=O) groups excluding carboxylic acids is 1. The molecule has 2 amide bonds. The Bertz CT molecular complexity index is 1070. The third-order valence-electron chi connectivity index (χ3n) is 4.93. The van der Waals surface area contributed by atoms with E-state index in [-0.39, 0.29) is 6.03 Å². The molecule has 2 aromatic carbocycles. The molecule has 0 saturated carbocycles. The number of hydrogen-bond donors (Lipinski definition) is 3. The molecular formula is C24H27N5O. The minimum Gasteiger partial charge on any atom is -0.398 e. The largest absolute Gasteiger partial charge is 0.398 e. The summed E-state index contributed by atoms with van der Waals surface area (Å²) in [5.41, 5.74) is 12.2. The average Bonchev–Trinajstić information content (AvgIpc) is 2.71. The van der Waals surface area contributed by atoms with E-state index in [1.54, 1.807) is 30.3 Å². The number of aryl methyl sites for hydroxylation is 1. The molecule has 0 bridgehead atoms. The highest BCUT2D eigenvalue weighted by molar-refractivity contribution is 6.17. The van der Waals surface area contributed by atoms with Gasteiger partial charge in [0, 0.05) is 48.9 Å².